The van der Waals surface area contributed by atoms with Crippen LogP contribution in [0.15, 0.2) is 79.4 Å². The molecule has 3 aromatic heterocycles. The van der Waals surface area contributed by atoms with Crippen molar-refractivity contribution in [3.8, 4) is 34.0 Å². The third-order valence-corrected chi connectivity index (χ3v) is 5.92. The molecule has 0 unspecified atom stereocenters. The maximum absolute atomic E-state index is 14.9. The second kappa shape index (κ2) is 10.6. The van der Waals surface area contributed by atoms with Crippen LogP contribution in [-0.4, -0.2) is 30.6 Å². The van der Waals surface area contributed by atoms with Crippen molar-refractivity contribution in [2.45, 2.75) is 26.3 Å². The zero-order valence-electron chi connectivity index (χ0n) is 22.3. The first-order chi connectivity index (χ1) is 19.0. The standard InChI is InChI=1S/C29H27F2N7O2/c1-29(2,3)38-17-26(27(36-38)18-5-7-20(30)8-6-18)35-28(39)34-24-10-9-21(13-23(24)31)40-22-11-12-32-25(14-22)19-15-33-37(4)16-19/h5-17H,1-4H3,(H2,34,35,39). The zero-order valence-corrected chi connectivity index (χ0v) is 22.3. The largest absolute Gasteiger partial charge is 0.457 e. The summed E-state index contributed by atoms with van der Waals surface area (Å²) >= 11 is 0. The number of rotatable bonds is 6. The van der Waals surface area contributed by atoms with Gasteiger partial charge in [-0.1, -0.05) is 0 Å². The fraction of sp³-hybridized carbons (Fsp3) is 0.172. The lowest BCUT2D eigenvalue weighted by atomic mass is 10.1. The Hall–Kier alpha value is -5.06. The predicted octanol–water partition coefficient (Wildman–Crippen LogP) is 6.82. The van der Waals surface area contributed by atoms with Gasteiger partial charge < -0.3 is 15.4 Å². The summed E-state index contributed by atoms with van der Waals surface area (Å²) in [4.78, 5) is 17.2. The van der Waals surface area contributed by atoms with Gasteiger partial charge in [0.15, 0.2) is 0 Å². The van der Waals surface area contributed by atoms with Gasteiger partial charge in [0.2, 0.25) is 0 Å². The summed E-state index contributed by atoms with van der Waals surface area (Å²) in [6.07, 6.45) is 6.79. The Bertz CT molecular complexity index is 1670. The minimum absolute atomic E-state index is 0.0397. The van der Waals surface area contributed by atoms with Gasteiger partial charge in [-0.3, -0.25) is 14.3 Å². The molecule has 2 N–H and O–H groups in total. The second-order valence-corrected chi connectivity index (χ2v) is 10.1. The van der Waals surface area contributed by atoms with E-state index in [1.54, 1.807) is 58.3 Å². The zero-order chi connectivity index (χ0) is 28.4. The molecule has 0 fully saturated rings. The van der Waals surface area contributed by atoms with Crippen LogP contribution in [0.4, 0.5) is 25.0 Å². The van der Waals surface area contributed by atoms with Crippen LogP contribution in [0.5, 0.6) is 11.5 Å². The van der Waals surface area contributed by atoms with Crippen molar-refractivity contribution in [1.82, 2.24) is 24.5 Å². The summed E-state index contributed by atoms with van der Waals surface area (Å²) in [6.45, 7) is 5.88. The number of hydrogen-bond acceptors (Lipinski definition) is 5. The Kier molecular flexibility index (Phi) is 7.03. The van der Waals surface area contributed by atoms with Crippen molar-refractivity contribution in [3.63, 3.8) is 0 Å². The van der Waals surface area contributed by atoms with Crippen molar-refractivity contribution in [2.24, 2.45) is 7.05 Å². The highest BCUT2D eigenvalue weighted by Crippen LogP contribution is 2.31. The SMILES string of the molecule is Cn1cc(-c2cc(Oc3ccc(NC(=O)Nc4cn(C(C)(C)C)nc4-c4ccc(F)cc4)c(F)c3)ccn2)cn1. The number of carbonyl (C=O) groups excluding carboxylic acids is 1. The van der Waals surface area contributed by atoms with Crippen LogP contribution in [0.3, 0.4) is 0 Å². The van der Waals surface area contributed by atoms with Crippen LogP contribution in [0.2, 0.25) is 0 Å². The number of benzene rings is 2. The number of nitrogens with zero attached hydrogens (tertiary/aromatic N) is 5. The van der Waals surface area contributed by atoms with Gasteiger partial charge in [0.05, 0.1) is 28.8 Å². The number of aryl methyl sites for hydroxylation is 1. The van der Waals surface area contributed by atoms with Gasteiger partial charge in [0, 0.05) is 48.9 Å². The number of carbonyl (C=O) groups is 1. The lowest BCUT2D eigenvalue weighted by Gasteiger charge is -2.18. The molecule has 204 valence electrons. The molecule has 3 heterocycles. The average molecular weight is 544 g/mol. The summed E-state index contributed by atoms with van der Waals surface area (Å²) in [5.74, 6) is -0.349. The molecule has 2 aromatic carbocycles. The Morgan fingerprint density at radius 1 is 0.900 bits per heavy atom. The molecule has 0 aliphatic heterocycles. The van der Waals surface area contributed by atoms with E-state index in [1.807, 2.05) is 34.0 Å². The van der Waals surface area contributed by atoms with E-state index in [0.717, 1.165) is 5.56 Å². The number of halogens is 2. The van der Waals surface area contributed by atoms with Gasteiger partial charge in [0.25, 0.3) is 0 Å². The molecule has 0 saturated carbocycles. The maximum atomic E-state index is 14.9. The minimum Gasteiger partial charge on any atom is -0.457 e. The van der Waals surface area contributed by atoms with E-state index in [1.165, 1.54) is 24.3 Å². The predicted molar refractivity (Wildman–Crippen MR) is 148 cm³/mol. The van der Waals surface area contributed by atoms with Crippen molar-refractivity contribution in [3.05, 3.63) is 91.0 Å². The average Bonchev–Trinajstić information content (AvgIpc) is 3.53. The van der Waals surface area contributed by atoms with E-state index in [2.05, 4.69) is 25.8 Å². The maximum Gasteiger partial charge on any atom is 0.323 e. The van der Waals surface area contributed by atoms with Crippen LogP contribution in [0.25, 0.3) is 22.5 Å². The van der Waals surface area contributed by atoms with Crippen molar-refractivity contribution in [1.29, 1.82) is 0 Å². The molecule has 0 saturated heterocycles. The topological polar surface area (TPSA) is 98.9 Å². The first kappa shape index (κ1) is 26.5. The number of aromatic nitrogens is 5. The third-order valence-electron chi connectivity index (χ3n) is 5.92. The minimum atomic E-state index is -0.682. The molecule has 5 aromatic rings. The van der Waals surface area contributed by atoms with Gasteiger partial charge in [-0.2, -0.15) is 10.2 Å². The summed E-state index contributed by atoms with van der Waals surface area (Å²) in [6, 6.07) is 12.7. The Morgan fingerprint density at radius 3 is 2.30 bits per heavy atom. The molecular weight excluding hydrogens is 516 g/mol. The molecule has 0 radical (unpaired) electrons. The van der Waals surface area contributed by atoms with Crippen LogP contribution >= 0.6 is 0 Å². The first-order valence-electron chi connectivity index (χ1n) is 12.4. The van der Waals surface area contributed by atoms with E-state index in [4.69, 9.17) is 4.74 Å². The van der Waals surface area contributed by atoms with Crippen LogP contribution < -0.4 is 15.4 Å². The smallest absolute Gasteiger partial charge is 0.323 e. The lowest BCUT2D eigenvalue weighted by molar-refractivity contribution is 0.262. The Labute approximate surface area is 229 Å². The van der Waals surface area contributed by atoms with Crippen LogP contribution in [-0.2, 0) is 12.6 Å². The van der Waals surface area contributed by atoms with Crippen LogP contribution in [0, 0.1) is 11.6 Å². The van der Waals surface area contributed by atoms with Gasteiger partial charge in [-0.05, 0) is 63.2 Å². The number of anilines is 2. The van der Waals surface area contributed by atoms with Gasteiger partial charge in [-0.15, -0.1) is 0 Å². The first-order valence-corrected chi connectivity index (χ1v) is 12.4. The van der Waals surface area contributed by atoms with E-state index in [-0.39, 0.29) is 22.8 Å². The fourth-order valence-electron chi connectivity index (χ4n) is 3.89. The molecule has 0 atom stereocenters. The fourth-order valence-corrected chi connectivity index (χ4v) is 3.89. The molecule has 11 heteroatoms. The lowest BCUT2D eigenvalue weighted by Crippen LogP contribution is -2.22. The molecule has 0 bridgehead atoms. The highest BCUT2D eigenvalue weighted by atomic mass is 19.1. The van der Waals surface area contributed by atoms with E-state index in [0.29, 0.717) is 28.4 Å². The molecular formula is C29H27F2N7O2. The quantitative estimate of drug-likeness (QED) is 0.245. The molecule has 0 aliphatic rings. The Morgan fingerprint density at radius 2 is 1.62 bits per heavy atom. The highest BCUT2D eigenvalue weighted by Gasteiger charge is 2.21. The summed E-state index contributed by atoms with van der Waals surface area (Å²) in [7, 11) is 1.81. The summed E-state index contributed by atoms with van der Waals surface area (Å²) in [5, 5.41) is 14.0. The Balaban J connectivity index is 1.30. The number of nitrogens with one attached hydrogen (secondary N) is 2. The second-order valence-electron chi connectivity index (χ2n) is 10.1. The molecule has 0 aliphatic carbocycles. The van der Waals surface area contributed by atoms with Gasteiger partial charge in [0.1, 0.15) is 28.8 Å². The van der Waals surface area contributed by atoms with E-state index in [9.17, 15) is 13.6 Å². The van der Waals surface area contributed by atoms with Crippen molar-refractivity contribution in [2.75, 3.05) is 10.6 Å². The van der Waals surface area contributed by atoms with Crippen molar-refractivity contribution >= 4 is 17.4 Å². The number of pyridine rings is 1. The number of ether oxygens (including phenoxy) is 1. The van der Waals surface area contributed by atoms with Crippen LogP contribution in [0.1, 0.15) is 20.8 Å². The normalized spacial score (nSPS) is 11.3. The van der Waals surface area contributed by atoms with Gasteiger partial charge >= 0.3 is 6.03 Å². The molecule has 40 heavy (non-hydrogen) atoms. The van der Waals surface area contributed by atoms with Crippen molar-refractivity contribution < 1.29 is 18.3 Å². The van der Waals surface area contributed by atoms with E-state index >= 15 is 0 Å². The third kappa shape index (κ3) is 5.98. The molecule has 9 nitrogen and oxygen atoms in total. The number of urea groups is 1. The summed E-state index contributed by atoms with van der Waals surface area (Å²) < 4.78 is 37.6. The van der Waals surface area contributed by atoms with E-state index < -0.39 is 11.8 Å². The summed E-state index contributed by atoms with van der Waals surface area (Å²) in [5.41, 5.74) is 2.54. The molecule has 0 spiro atoms. The number of amides is 2. The highest BCUT2D eigenvalue weighted by molar-refractivity contribution is 6.02. The van der Waals surface area contributed by atoms with Gasteiger partial charge in [-0.25, -0.2) is 13.6 Å². The molecule has 5 rings (SSSR count). The molecule has 2 amide bonds. The monoisotopic (exact) mass is 543 g/mol. The number of hydrogen-bond donors (Lipinski definition) is 2.